The van der Waals surface area contributed by atoms with E-state index in [9.17, 15) is 4.79 Å². The third kappa shape index (κ3) is 5.37. The van der Waals surface area contributed by atoms with Gasteiger partial charge in [0.1, 0.15) is 11.6 Å². The largest absolute Gasteiger partial charge is 0.444 e. The van der Waals surface area contributed by atoms with Crippen LogP contribution in [0.1, 0.15) is 44.2 Å². The van der Waals surface area contributed by atoms with E-state index in [-0.39, 0.29) is 6.54 Å². The van der Waals surface area contributed by atoms with Gasteiger partial charge in [0, 0.05) is 6.42 Å². The van der Waals surface area contributed by atoms with Crippen molar-refractivity contribution in [2.24, 2.45) is 5.73 Å². The van der Waals surface area contributed by atoms with Crippen molar-refractivity contribution < 1.29 is 13.9 Å². The average Bonchev–Trinajstić information content (AvgIpc) is 2.94. The summed E-state index contributed by atoms with van der Waals surface area (Å²) in [6, 6.07) is 9.23. The number of carbonyl (C=O) groups excluding carboxylic acids is 1. The van der Waals surface area contributed by atoms with Gasteiger partial charge in [0.25, 0.3) is 0 Å². The molecule has 124 valence electrons. The number of nitrogens with one attached hydrogen (secondary N) is 1. The van der Waals surface area contributed by atoms with Crippen LogP contribution in [0.25, 0.3) is 0 Å². The number of rotatable bonds is 5. The monoisotopic (exact) mass is 318 g/mol. The summed E-state index contributed by atoms with van der Waals surface area (Å²) in [7, 11) is 0. The molecule has 1 unspecified atom stereocenters. The fourth-order valence-corrected chi connectivity index (χ4v) is 1.99. The Hall–Kier alpha value is -2.41. The predicted molar refractivity (Wildman–Crippen MR) is 84.4 cm³/mol. The van der Waals surface area contributed by atoms with Gasteiger partial charge in [-0.2, -0.15) is 0 Å². The summed E-state index contributed by atoms with van der Waals surface area (Å²) in [6.45, 7) is 5.56. The van der Waals surface area contributed by atoms with Crippen LogP contribution in [0.5, 0.6) is 0 Å². The van der Waals surface area contributed by atoms with Crippen molar-refractivity contribution in [3.63, 3.8) is 0 Å². The lowest BCUT2D eigenvalue weighted by molar-refractivity contribution is 0.0495. The molecular weight excluding hydrogens is 296 g/mol. The minimum Gasteiger partial charge on any atom is -0.444 e. The maximum Gasteiger partial charge on any atom is 0.408 e. The lowest BCUT2D eigenvalue weighted by Crippen LogP contribution is -2.36. The topological polar surface area (TPSA) is 103 Å². The van der Waals surface area contributed by atoms with Gasteiger partial charge in [-0.05, 0) is 26.3 Å². The molecule has 0 fully saturated rings. The lowest BCUT2D eigenvalue weighted by Gasteiger charge is -2.22. The van der Waals surface area contributed by atoms with Gasteiger partial charge in [0.15, 0.2) is 0 Å². The molecule has 0 saturated carbocycles. The summed E-state index contributed by atoms with van der Waals surface area (Å²) in [5.41, 5.74) is 5.94. The Morgan fingerprint density at radius 1 is 1.30 bits per heavy atom. The molecule has 7 heteroatoms. The highest BCUT2D eigenvalue weighted by Crippen LogP contribution is 2.18. The molecule has 0 bridgehead atoms. The van der Waals surface area contributed by atoms with E-state index in [4.69, 9.17) is 14.9 Å². The summed E-state index contributed by atoms with van der Waals surface area (Å²) >= 11 is 0. The van der Waals surface area contributed by atoms with E-state index in [1.165, 1.54) is 0 Å². The molecule has 1 atom stereocenters. The van der Waals surface area contributed by atoms with Crippen molar-refractivity contribution in [2.75, 3.05) is 0 Å². The van der Waals surface area contributed by atoms with Crippen LogP contribution in [-0.2, 0) is 17.7 Å². The number of carbonyl (C=O) groups is 1. The molecule has 23 heavy (non-hydrogen) atoms. The van der Waals surface area contributed by atoms with E-state index in [0.29, 0.717) is 18.2 Å². The van der Waals surface area contributed by atoms with Crippen molar-refractivity contribution in [2.45, 2.75) is 45.4 Å². The van der Waals surface area contributed by atoms with Crippen LogP contribution in [0.3, 0.4) is 0 Å². The van der Waals surface area contributed by atoms with Gasteiger partial charge in [-0.3, -0.25) is 0 Å². The van der Waals surface area contributed by atoms with Crippen molar-refractivity contribution in [3.8, 4) is 0 Å². The molecule has 0 aliphatic heterocycles. The summed E-state index contributed by atoms with van der Waals surface area (Å²) < 4.78 is 10.8. The molecule has 2 aromatic rings. The highest BCUT2D eigenvalue weighted by molar-refractivity contribution is 5.68. The summed E-state index contributed by atoms with van der Waals surface area (Å²) in [5.74, 6) is 0.629. The van der Waals surface area contributed by atoms with Crippen LogP contribution in [0.15, 0.2) is 34.7 Å². The van der Waals surface area contributed by atoms with Gasteiger partial charge in [0.2, 0.25) is 11.8 Å². The predicted octanol–water partition coefficient (Wildman–Crippen LogP) is 2.34. The van der Waals surface area contributed by atoms with Crippen molar-refractivity contribution in [3.05, 3.63) is 47.7 Å². The summed E-state index contributed by atoms with van der Waals surface area (Å²) in [5, 5.41) is 10.6. The second-order valence-corrected chi connectivity index (χ2v) is 6.13. The van der Waals surface area contributed by atoms with E-state index < -0.39 is 17.7 Å². The van der Waals surface area contributed by atoms with Crippen LogP contribution in [-0.4, -0.2) is 21.9 Å². The van der Waals surface area contributed by atoms with E-state index in [1.807, 2.05) is 30.3 Å². The number of amides is 1. The number of hydrogen-bond acceptors (Lipinski definition) is 6. The van der Waals surface area contributed by atoms with Crippen molar-refractivity contribution in [1.82, 2.24) is 15.5 Å². The minimum atomic E-state index is -0.585. The Labute approximate surface area is 135 Å². The Morgan fingerprint density at radius 3 is 2.57 bits per heavy atom. The van der Waals surface area contributed by atoms with E-state index in [0.717, 1.165) is 5.56 Å². The second-order valence-electron chi connectivity index (χ2n) is 6.13. The molecule has 0 aliphatic carbocycles. The van der Waals surface area contributed by atoms with Crippen molar-refractivity contribution in [1.29, 1.82) is 0 Å². The Kier molecular flexibility index (Phi) is 5.33. The molecule has 1 aromatic heterocycles. The molecule has 2 rings (SSSR count). The highest BCUT2D eigenvalue weighted by Gasteiger charge is 2.24. The van der Waals surface area contributed by atoms with Crippen LogP contribution in [0.4, 0.5) is 4.79 Å². The number of hydrogen-bond donors (Lipinski definition) is 2. The zero-order valence-corrected chi connectivity index (χ0v) is 13.6. The maximum absolute atomic E-state index is 12.1. The number of nitrogens with two attached hydrogens (primary N) is 1. The van der Waals surface area contributed by atoms with Crippen LogP contribution < -0.4 is 11.1 Å². The smallest absolute Gasteiger partial charge is 0.408 e. The molecule has 0 aliphatic rings. The van der Waals surface area contributed by atoms with Crippen LogP contribution in [0, 0.1) is 0 Å². The number of nitrogens with zero attached hydrogens (tertiary/aromatic N) is 2. The van der Waals surface area contributed by atoms with Crippen LogP contribution in [0.2, 0.25) is 0 Å². The number of benzene rings is 1. The molecule has 0 radical (unpaired) electrons. The number of alkyl carbamates (subject to hydrolysis) is 1. The van der Waals surface area contributed by atoms with Gasteiger partial charge in [-0.25, -0.2) is 4.79 Å². The first-order valence-electron chi connectivity index (χ1n) is 7.43. The maximum atomic E-state index is 12.1. The molecule has 1 heterocycles. The third-order valence-electron chi connectivity index (χ3n) is 2.93. The second kappa shape index (κ2) is 7.23. The Bertz CT molecular complexity index is 634. The van der Waals surface area contributed by atoms with Gasteiger partial charge in [-0.1, -0.05) is 30.3 Å². The first-order valence-corrected chi connectivity index (χ1v) is 7.43. The fourth-order valence-electron chi connectivity index (χ4n) is 1.99. The average molecular weight is 318 g/mol. The zero-order chi connectivity index (χ0) is 16.9. The number of aromatic nitrogens is 2. The van der Waals surface area contributed by atoms with Gasteiger partial charge >= 0.3 is 6.09 Å². The molecule has 0 spiro atoms. The molecule has 0 saturated heterocycles. The lowest BCUT2D eigenvalue weighted by atomic mass is 10.1. The Balaban J connectivity index is 2.15. The van der Waals surface area contributed by atoms with E-state index in [2.05, 4.69) is 15.5 Å². The zero-order valence-electron chi connectivity index (χ0n) is 13.6. The Morgan fingerprint density at radius 2 is 2.00 bits per heavy atom. The molecular formula is C16H22N4O3. The van der Waals surface area contributed by atoms with E-state index in [1.54, 1.807) is 20.8 Å². The fraction of sp³-hybridized carbons (Fsp3) is 0.438. The third-order valence-corrected chi connectivity index (χ3v) is 2.93. The van der Waals surface area contributed by atoms with Crippen molar-refractivity contribution >= 4 is 6.09 Å². The summed E-state index contributed by atoms with van der Waals surface area (Å²) in [6.07, 6.45) is -0.0299. The standard InChI is InChI=1S/C16H22N4O3/c1-16(2,3)23-15(21)18-12(9-11-7-5-4-6-8-11)14-20-19-13(10-17)22-14/h4-8,12H,9-10,17H2,1-3H3,(H,18,21). The minimum absolute atomic E-state index is 0.150. The van der Waals surface area contributed by atoms with Gasteiger partial charge in [-0.15, -0.1) is 10.2 Å². The molecule has 1 amide bonds. The first kappa shape index (κ1) is 17.0. The van der Waals surface area contributed by atoms with Crippen LogP contribution >= 0.6 is 0 Å². The van der Waals surface area contributed by atoms with Gasteiger partial charge < -0.3 is 20.2 Å². The van der Waals surface area contributed by atoms with E-state index >= 15 is 0 Å². The molecule has 7 nitrogen and oxygen atoms in total. The first-order chi connectivity index (χ1) is 10.9. The SMILES string of the molecule is CC(C)(C)OC(=O)NC(Cc1ccccc1)c1nnc(CN)o1. The molecule has 1 aromatic carbocycles. The number of ether oxygens (including phenoxy) is 1. The molecule has 3 N–H and O–H groups in total. The van der Waals surface area contributed by atoms with Gasteiger partial charge in [0.05, 0.1) is 6.54 Å². The quantitative estimate of drug-likeness (QED) is 0.877. The highest BCUT2D eigenvalue weighted by atomic mass is 16.6. The normalized spacial score (nSPS) is 12.7. The summed E-state index contributed by atoms with van der Waals surface area (Å²) in [4.78, 5) is 12.1.